The third-order valence-corrected chi connectivity index (χ3v) is 3.43. The molecule has 14 heavy (non-hydrogen) atoms. The summed E-state index contributed by atoms with van der Waals surface area (Å²) in [5, 5.41) is 8.31. The topological polar surface area (TPSA) is 66.1 Å². The lowest BCUT2D eigenvalue weighted by atomic mass is 10.3. The van der Waals surface area contributed by atoms with Crippen molar-refractivity contribution in [3.05, 3.63) is 27.6 Å². The molecule has 0 amide bonds. The second-order valence-corrected chi connectivity index (χ2v) is 6.28. The van der Waals surface area contributed by atoms with Gasteiger partial charge in [-0.15, -0.1) is 4.36 Å². The van der Waals surface area contributed by atoms with E-state index in [1.807, 2.05) is 12.1 Å². The zero-order valence-electron chi connectivity index (χ0n) is 7.48. The maximum atomic E-state index is 11.6. The molecule has 74 valence electrons. The summed E-state index contributed by atoms with van der Waals surface area (Å²) in [5.74, 6) is 0.268. The van der Waals surface area contributed by atoms with Gasteiger partial charge >= 0.3 is 0 Å². The fourth-order valence-electron chi connectivity index (χ4n) is 0.920. The van der Waals surface area contributed by atoms with E-state index in [-0.39, 0.29) is 5.75 Å². The molecule has 0 N–H and O–H groups in total. The van der Waals surface area contributed by atoms with Crippen LogP contribution >= 0.6 is 22.6 Å². The minimum atomic E-state index is -2.43. The van der Waals surface area contributed by atoms with E-state index in [0.717, 1.165) is 9.26 Å². The van der Waals surface area contributed by atoms with Crippen LogP contribution in [0.5, 0.6) is 0 Å². The number of hydrogen-bond acceptors (Lipinski definition) is 4. The minimum Gasteiger partial charge on any atom is -0.250 e. The Hall–Kier alpha value is -0.680. The summed E-state index contributed by atoms with van der Waals surface area (Å²) in [5.41, 5.74) is 0.830. The first-order valence-electron chi connectivity index (χ1n) is 3.72. The highest BCUT2D eigenvalue weighted by atomic mass is 127. The molecule has 0 aromatic carbocycles. The van der Waals surface area contributed by atoms with Crippen LogP contribution in [0, 0.1) is 15.2 Å². The van der Waals surface area contributed by atoms with E-state index >= 15 is 0 Å². The SMILES string of the molecule is CS(=O)(Cc1ccc(I)nc1)=NC#N. The predicted molar refractivity (Wildman–Crippen MR) is 62.8 cm³/mol. The minimum absolute atomic E-state index is 0.268. The largest absolute Gasteiger partial charge is 0.250 e. The third kappa shape index (κ3) is 3.59. The summed E-state index contributed by atoms with van der Waals surface area (Å²) in [4.78, 5) is 4.06. The molecule has 1 rings (SSSR count). The highest BCUT2D eigenvalue weighted by molar-refractivity contribution is 14.1. The number of hydrogen-bond donors (Lipinski definition) is 0. The van der Waals surface area contributed by atoms with Gasteiger partial charge in [0, 0.05) is 12.5 Å². The molecule has 0 saturated heterocycles. The maximum absolute atomic E-state index is 11.6. The average molecular weight is 321 g/mol. The van der Waals surface area contributed by atoms with E-state index in [1.165, 1.54) is 6.26 Å². The van der Waals surface area contributed by atoms with Gasteiger partial charge in [-0.25, -0.2) is 4.21 Å². The Morgan fingerprint density at radius 3 is 2.93 bits per heavy atom. The molecule has 0 bridgehead atoms. The van der Waals surface area contributed by atoms with Crippen molar-refractivity contribution in [2.24, 2.45) is 4.36 Å². The first-order chi connectivity index (χ1) is 6.53. The molecule has 6 heteroatoms. The normalized spacial score (nSPS) is 14.1. The van der Waals surface area contributed by atoms with E-state index < -0.39 is 9.73 Å². The first-order valence-corrected chi connectivity index (χ1v) is 6.89. The number of aromatic nitrogens is 1. The van der Waals surface area contributed by atoms with E-state index in [2.05, 4.69) is 31.9 Å². The van der Waals surface area contributed by atoms with Gasteiger partial charge in [0.15, 0.2) is 0 Å². The molecule has 4 nitrogen and oxygen atoms in total. The summed E-state index contributed by atoms with van der Waals surface area (Å²) in [6, 6.07) is 3.67. The monoisotopic (exact) mass is 321 g/mol. The van der Waals surface area contributed by atoms with Crippen molar-refractivity contribution in [1.29, 1.82) is 5.26 Å². The van der Waals surface area contributed by atoms with Crippen LogP contribution in [0.15, 0.2) is 22.7 Å². The number of pyridine rings is 1. The summed E-state index contributed by atoms with van der Waals surface area (Å²) in [6.07, 6.45) is 4.68. The van der Waals surface area contributed by atoms with Gasteiger partial charge in [0.25, 0.3) is 0 Å². The van der Waals surface area contributed by atoms with E-state index in [4.69, 9.17) is 5.26 Å². The van der Waals surface area contributed by atoms with Crippen molar-refractivity contribution in [1.82, 2.24) is 4.98 Å². The van der Waals surface area contributed by atoms with Crippen molar-refractivity contribution in [2.75, 3.05) is 6.26 Å². The molecule has 1 aromatic heterocycles. The van der Waals surface area contributed by atoms with Crippen LogP contribution in [0.3, 0.4) is 0 Å². The molecule has 0 spiro atoms. The highest BCUT2D eigenvalue weighted by Crippen LogP contribution is 2.07. The van der Waals surface area contributed by atoms with Crippen molar-refractivity contribution in [3.8, 4) is 6.19 Å². The van der Waals surface area contributed by atoms with Crippen LogP contribution in [0.25, 0.3) is 0 Å². The molecule has 1 unspecified atom stereocenters. The number of nitriles is 1. The number of halogens is 1. The van der Waals surface area contributed by atoms with Gasteiger partial charge in [0.05, 0.1) is 15.5 Å². The molecule has 0 aliphatic rings. The molecule has 1 atom stereocenters. The molecular formula is C8H8IN3OS. The quantitative estimate of drug-likeness (QED) is 0.474. The molecule has 0 fully saturated rings. The maximum Gasteiger partial charge on any atom is 0.214 e. The molecular weight excluding hydrogens is 313 g/mol. The van der Waals surface area contributed by atoms with E-state index in [9.17, 15) is 4.21 Å². The fraction of sp³-hybridized carbons (Fsp3) is 0.250. The van der Waals surface area contributed by atoms with Crippen LogP contribution < -0.4 is 0 Å². The lowest BCUT2D eigenvalue weighted by molar-refractivity contribution is 0.680. The lowest BCUT2D eigenvalue weighted by Crippen LogP contribution is -2.01. The Bertz CT molecular complexity index is 468. The van der Waals surface area contributed by atoms with Gasteiger partial charge in [-0.05, 0) is 34.2 Å². The molecule has 0 saturated carbocycles. The number of nitrogens with zero attached hydrogens (tertiary/aromatic N) is 3. The zero-order chi connectivity index (χ0) is 10.6. The molecule has 1 heterocycles. The van der Waals surface area contributed by atoms with Gasteiger partial charge in [-0.2, -0.15) is 5.26 Å². The van der Waals surface area contributed by atoms with E-state index in [0.29, 0.717) is 0 Å². The third-order valence-electron chi connectivity index (χ3n) is 1.46. The summed E-state index contributed by atoms with van der Waals surface area (Å²) < 4.78 is 15.9. The fourth-order valence-corrected chi connectivity index (χ4v) is 2.27. The highest BCUT2D eigenvalue weighted by Gasteiger charge is 2.03. The van der Waals surface area contributed by atoms with Crippen molar-refractivity contribution < 1.29 is 4.21 Å². The summed E-state index contributed by atoms with van der Waals surface area (Å²) in [6.45, 7) is 0. The van der Waals surface area contributed by atoms with Crippen LogP contribution in [0.1, 0.15) is 5.56 Å². The van der Waals surface area contributed by atoms with Gasteiger partial charge in [-0.1, -0.05) is 6.07 Å². The van der Waals surface area contributed by atoms with Gasteiger partial charge < -0.3 is 0 Å². The van der Waals surface area contributed by atoms with Crippen molar-refractivity contribution in [2.45, 2.75) is 5.75 Å². The number of rotatable bonds is 2. The van der Waals surface area contributed by atoms with Crippen molar-refractivity contribution in [3.63, 3.8) is 0 Å². The molecule has 0 radical (unpaired) electrons. The Morgan fingerprint density at radius 1 is 1.71 bits per heavy atom. The second-order valence-electron chi connectivity index (χ2n) is 2.78. The molecule has 0 aliphatic heterocycles. The van der Waals surface area contributed by atoms with Crippen LogP contribution in [-0.2, 0) is 15.5 Å². The van der Waals surface area contributed by atoms with Crippen LogP contribution in [0.2, 0.25) is 0 Å². The van der Waals surface area contributed by atoms with Crippen LogP contribution in [-0.4, -0.2) is 15.4 Å². The van der Waals surface area contributed by atoms with Gasteiger partial charge in [0.2, 0.25) is 6.19 Å². The van der Waals surface area contributed by atoms with Crippen LogP contribution in [0.4, 0.5) is 0 Å². The summed E-state index contributed by atoms with van der Waals surface area (Å²) in [7, 11) is -2.43. The van der Waals surface area contributed by atoms with Gasteiger partial charge in [-0.3, -0.25) is 4.98 Å². The Morgan fingerprint density at radius 2 is 2.43 bits per heavy atom. The summed E-state index contributed by atoms with van der Waals surface area (Å²) >= 11 is 2.09. The Kier molecular flexibility index (Phi) is 3.83. The molecule has 1 aromatic rings. The smallest absolute Gasteiger partial charge is 0.214 e. The standard InChI is InChI=1S/C8H8IN3OS/c1-14(13,12-6-10)5-7-2-3-8(9)11-4-7/h2-4H,5H2,1H3. The van der Waals surface area contributed by atoms with E-state index in [1.54, 1.807) is 12.4 Å². The second kappa shape index (κ2) is 4.70. The van der Waals surface area contributed by atoms with Gasteiger partial charge in [0.1, 0.15) is 3.70 Å². The molecule has 0 aliphatic carbocycles. The average Bonchev–Trinajstić information content (AvgIpc) is 2.08. The predicted octanol–water partition coefficient (Wildman–Crippen LogP) is 1.77. The Balaban J connectivity index is 2.91. The Labute approximate surface area is 96.7 Å². The lowest BCUT2D eigenvalue weighted by Gasteiger charge is -2.01. The zero-order valence-corrected chi connectivity index (χ0v) is 10.4. The van der Waals surface area contributed by atoms with Crippen molar-refractivity contribution >= 4 is 32.3 Å². The first kappa shape index (κ1) is 11.4.